The molecule has 0 radical (unpaired) electrons. The van der Waals surface area contributed by atoms with Crippen LogP contribution in [0.1, 0.15) is 35.4 Å². The van der Waals surface area contributed by atoms with E-state index in [1.807, 2.05) is 48.5 Å². The van der Waals surface area contributed by atoms with E-state index in [2.05, 4.69) is 17.1 Å². The summed E-state index contributed by atoms with van der Waals surface area (Å²) in [6.07, 6.45) is 5.18. The van der Waals surface area contributed by atoms with E-state index in [1.54, 1.807) is 18.9 Å². The molecule has 1 aromatic heterocycles. The summed E-state index contributed by atoms with van der Waals surface area (Å²) in [5.74, 6) is 1.56. The van der Waals surface area contributed by atoms with Crippen molar-refractivity contribution in [2.24, 2.45) is 0 Å². The molecule has 0 spiro atoms. The monoisotopic (exact) mass is 519 g/mol. The molecule has 0 aliphatic rings. The Labute approximate surface area is 238 Å². The molecule has 1 heterocycles. The second-order valence-electron chi connectivity index (χ2n) is 7.58. The number of benzene rings is 2. The molecule has 0 N–H and O–H groups in total. The largest absolute Gasteiger partial charge is 1.00 e. The summed E-state index contributed by atoms with van der Waals surface area (Å²) in [6, 6.07) is 19.6. The topological polar surface area (TPSA) is 71.5 Å². The van der Waals surface area contributed by atoms with Crippen molar-refractivity contribution in [3.8, 4) is 11.5 Å². The van der Waals surface area contributed by atoms with Gasteiger partial charge in [-0.3, -0.25) is 0 Å². The summed E-state index contributed by atoms with van der Waals surface area (Å²) < 4.78 is 11.1. The van der Waals surface area contributed by atoms with Crippen molar-refractivity contribution in [2.45, 2.75) is 30.8 Å². The molecule has 8 heteroatoms. The Morgan fingerprint density at radius 1 is 1.06 bits per heavy atom. The standard InChI is InChI=1S/C27H28ClNO4S.Na/c1-32-23-12-9-20(10-13-23)6-4-5-17-33-26-15-11-22(29-25(26)14-16-27(30)31)19-34-18-21-7-2-3-8-24(21)28;/h2-3,7-16H,4-6,17-19H2,1H3,(H,30,31);/q;+1/p-1/b16-14+;. The minimum atomic E-state index is -1.27. The SMILES string of the molecule is COc1ccc(CCCCOc2ccc(CSCc3ccccc3Cl)nc2/C=C/C(=O)[O-])cc1.[Na+]. The number of hydrogen-bond donors (Lipinski definition) is 0. The first-order valence-corrected chi connectivity index (χ1v) is 12.5. The summed E-state index contributed by atoms with van der Waals surface area (Å²) in [5.41, 5.74) is 3.64. The Morgan fingerprint density at radius 3 is 2.54 bits per heavy atom. The van der Waals surface area contributed by atoms with Gasteiger partial charge < -0.3 is 19.4 Å². The minimum absolute atomic E-state index is 0. The maximum Gasteiger partial charge on any atom is 1.00 e. The van der Waals surface area contributed by atoms with Gasteiger partial charge in [0.15, 0.2) is 0 Å². The van der Waals surface area contributed by atoms with Crippen LogP contribution in [0.15, 0.2) is 66.7 Å². The number of pyridine rings is 1. The van der Waals surface area contributed by atoms with E-state index in [-0.39, 0.29) is 29.6 Å². The van der Waals surface area contributed by atoms with Crippen LogP contribution in [-0.2, 0) is 22.7 Å². The number of nitrogens with zero attached hydrogens (tertiary/aromatic N) is 1. The van der Waals surface area contributed by atoms with E-state index in [0.717, 1.165) is 53.1 Å². The molecule has 0 amide bonds. The summed E-state index contributed by atoms with van der Waals surface area (Å²) >= 11 is 7.91. The van der Waals surface area contributed by atoms with Gasteiger partial charge in [0.25, 0.3) is 0 Å². The molecule has 5 nitrogen and oxygen atoms in total. The van der Waals surface area contributed by atoms with Crippen molar-refractivity contribution in [1.29, 1.82) is 0 Å². The fourth-order valence-electron chi connectivity index (χ4n) is 3.26. The van der Waals surface area contributed by atoms with Crippen LogP contribution in [0.25, 0.3) is 6.08 Å². The van der Waals surface area contributed by atoms with Crippen molar-refractivity contribution in [3.63, 3.8) is 0 Å². The molecule has 0 saturated carbocycles. The normalized spacial score (nSPS) is 10.7. The average molecular weight is 520 g/mol. The van der Waals surface area contributed by atoms with E-state index in [4.69, 9.17) is 21.1 Å². The number of aromatic nitrogens is 1. The first-order chi connectivity index (χ1) is 16.5. The number of carboxylic acid groups (broad SMARTS) is 1. The Morgan fingerprint density at radius 2 is 1.83 bits per heavy atom. The van der Waals surface area contributed by atoms with Gasteiger partial charge in [-0.25, -0.2) is 4.98 Å². The van der Waals surface area contributed by atoms with Crippen LogP contribution in [0.2, 0.25) is 5.02 Å². The van der Waals surface area contributed by atoms with Crippen LogP contribution in [0.3, 0.4) is 0 Å². The van der Waals surface area contributed by atoms with Gasteiger partial charge in [-0.15, -0.1) is 0 Å². The minimum Gasteiger partial charge on any atom is -0.545 e. The summed E-state index contributed by atoms with van der Waals surface area (Å²) in [7, 11) is 1.66. The number of methoxy groups -OCH3 is 1. The maximum atomic E-state index is 10.9. The molecule has 0 atom stereocenters. The summed E-state index contributed by atoms with van der Waals surface area (Å²) in [5, 5.41) is 11.7. The van der Waals surface area contributed by atoms with E-state index >= 15 is 0 Å². The zero-order valence-corrected chi connectivity index (χ0v) is 23.6. The number of aliphatic carboxylic acids is 1. The van der Waals surface area contributed by atoms with Crippen LogP contribution in [-0.4, -0.2) is 24.7 Å². The summed E-state index contributed by atoms with van der Waals surface area (Å²) in [4.78, 5) is 15.5. The molecule has 0 aliphatic heterocycles. The third-order valence-corrected chi connectivity index (χ3v) is 6.45. The van der Waals surface area contributed by atoms with Crippen LogP contribution in [0.4, 0.5) is 0 Å². The Bertz CT molecular complexity index is 1110. The molecule has 0 saturated heterocycles. The predicted molar refractivity (Wildman–Crippen MR) is 136 cm³/mol. The van der Waals surface area contributed by atoms with E-state index in [0.29, 0.717) is 23.8 Å². The zero-order valence-electron chi connectivity index (χ0n) is 20.0. The van der Waals surface area contributed by atoms with Gasteiger partial charge in [0.2, 0.25) is 0 Å². The Hall–Kier alpha value is -1.96. The number of ether oxygens (including phenoxy) is 2. The first-order valence-electron chi connectivity index (χ1n) is 11.0. The Kier molecular flexibility index (Phi) is 13.3. The third kappa shape index (κ3) is 10.3. The van der Waals surface area contributed by atoms with Crippen molar-refractivity contribution >= 4 is 35.4 Å². The molecule has 2 aromatic carbocycles. The second kappa shape index (κ2) is 15.9. The first kappa shape index (κ1) is 29.3. The number of halogens is 1. The van der Waals surface area contributed by atoms with E-state index < -0.39 is 5.97 Å². The molecule has 0 fully saturated rings. The van der Waals surface area contributed by atoms with Crippen molar-refractivity contribution in [1.82, 2.24) is 4.98 Å². The maximum absolute atomic E-state index is 10.9. The fourth-order valence-corrected chi connectivity index (χ4v) is 4.49. The van der Waals surface area contributed by atoms with Crippen molar-refractivity contribution in [3.05, 3.63) is 94.3 Å². The fraction of sp³-hybridized carbons (Fsp3) is 0.259. The average Bonchev–Trinajstić information content (AvgIpc) is 2.85. The number of aryl methyl sites for hydroxylation is 1. The third-order valence-electron chi connectivity index (χ3n) is 5.06. The molecular weight excluding hydrogens is 493 g/mol. The molecule has 0 unspecified atom stereocenters. The molecule has 35 heavy (non-hydrogen) atoms. The zero-order chi connectivity index (χ0) is 24.2. The van der Waals surface area contributed by atoms with Gasteiger partial charge in [-0.2, -0.15) is 11.8 Å². The number of hydrogen-bond acceptors (Lipinski definition) is 6. The van der Waals surface area contributed by atoms with Gasteiger partial charge in [-0.1, -0.05) is 41.9 Å². The molecule has 3 aromatic rings. The van der Waals surface area contributed by atoms with Crippen LogP contribution < -0.4 is 44.1 Å². The number of unbranched alkanes of at least 4 members (excludes halogenated alkanes) is 1. The van der Waals surface area contributed by atoms with Crippen LogP contribution in [0.5, 0.6) is 11.5 Å². The molecule has 0 aliphatic carbocycles. The molecule has 0 bridgehead atoms. The van der Waals surface area contributed by atoms with Gasteiger partial charge in [0.1, 0.15) is 17.2 Å². The number of carboxylic acids is 1. The molecular formula is C27H27ClNNaO4S. The smallest absolute Gasteiger partial charge is 0.545 e. The van der Waals surface area contributed by atoms with Crippen LogP contribution in [0, 0.1) is 0 Å². The molecule has 178 valence electrons. The predicted octanol–water partition coefficient (Wildman–Crippen LogP) is 2.35. The molecule has 3 rings (SSSR count). The number of thioether (sulfide) groups is 1. The van der Waals surface area contributed by atoms with Crippen molar-refractivity contribution in [2.75, 3.05) is 13.7 Å². The summed E-state index contributed by atoms with van der Waals surface area (Å²) in [6.45, 7) is 0.518. The Balaban J connectivity index is 0.00000432. The van der Waals surface area contributed by atoms with E-state index in [1.165, 1.54) is 11.6 Å². The van der Waals surface area contributed by atoms with E-state index in [9.17, 15) is 9.90 Å². The van der Waals surface area contributed by atoms with Gasteiger partial charge in [-0.05, 0) is 72.9 Å². The quantitative estimate of drug-likeness (QED) is 0.196. The number of rotatable bonds is 13. The van der Waals surface area contributed by atoms with Crippen molar-refractivity contribution < 1.29 is 48.9 Å². The number of carbonyl (C=O) groups is 1. The van der Waals surface area contributed by atoms with Gasteiger partial charge in [0, 0.05) is 16.5 Å². The second-order valence-corrected chi connectivity index (χ2v) is 8.97. The van der Waals surface area contributed by atoms with Gasteiger partial charge in [0.05, 0.1) is 25.4 Å². The number of carbonyl (C=O) groups excluding carboxylic acids is 1. The van der Waals surface area contributed by atoms with Crippen LogP contribution >= 0.6 is 23.4 Å². The van der Waals surface area contributed by atoms with Gasteiger partial charge >= 0.3 is 29.6 Å².